The molecule has 12 heavy (non-hydrogen) atoms. The zero-order chi connectivity index (χ0) is 9.14. The van der Waals surface area contributed by atoms with Gasteiger partial charge in [0, 0.05) is 18.3 Å². The van der Waals surface area contributed by atoms with E-state index in [0.29, 0.717) is 12.5 Å². The highest BCUT2D eigenvalue weighted by atomic mass is 16.2. The van der Waals surface area contributed by atoms with Crippen LogP contribution in [0.25, 0.3) is 0 Å². The van der Waals surface area contributed by atoms with Crippen LogP contribution in [-0.4, -0.2) is 21.5 Å². The van der Waals surface area contributed by atoms with E-state index in [1.54, 1.807) is 0 Å². The Kier molecular flexibility index (Phi) is 2.87. The van der Waals surface area contributed by atoms with Crippen molar-refractivity contribution in [1.82, 2.24) is 9.78 Å². The Morgan fingerprint density at radius 3 is 2.67 bits per heavy atom. The van der Waals surface area contributed by atoms with Crippen molar-refractivity contribution in [2.45, 2.75) is 33.2 Å². The van der Waals surface area contributed by atoms with Gasteiger partial charge in [0.2, 0.25) is 0 Å². The molecule has 1 heterocycles. The van der Waals surface area contributed by atoms with Crippen LogP contribution < -0.4 is 0 Å². The minimum atomic E-state index is 0.199. The molecule has 68 valence electrons. The topological polar surface area (TPSA) is 38.1 Å². The monoisotopic (exact) mass is 168 g/mol. The Bertz CT molecular complexity index is 253. The van der Waals surface area contributed by atoms with Crippen LogP contribution >= 0.6 is 0 Å². The molecule has 0 aromatic carbocycles. The molecule has 0 unspecified atom stereocenters. The highest BCUT2D eigenvalue weighted by Gasteiger charge is 2.07. The normalized spacial score (nSPS) is 11.1. The summed E-state index contributed by atoms with van der Waals surface area (Å²) in [5.74, 6) is 0. The van der Waals surface area contributed by atoms with Crippen LogP contribution in [0.5, 0.6) is 0 Å². The third-order valence-corrected chi connectivity index (χ3v) is 2.02. The van der Waals surface area contributed by atoms with E-state index >= 15 is 0 Å². The average Bonchev–Trinajstić information content (AvgIpc) is 2.34. The molecule has 0 saturated carbocycles. The van der Waals surface area contributed by atoms with Crippen molar-refractivity contribution < 1.29 is 5.11 Å². The van der Waals surface area contributed by atoms with Gasteiger partial charge < -0.3 is 5.11 Å². The van der Waals surface area contributed by atoms with Crippen molar-refractivity contribution in [3.05, 3.63) is 17.5 Å². The lowest BCUT2D eigenvalue weighted by atomic mass is 10.2. The van der Waals surface area contributed by atoms with E-state index in [2.05, 4.69) is 18.9 Å². The van der Waals surface area contributed by atoms with Gasteiger partial charge >= 0.3 is 0 Å². The van der Waals surface area contributed by atoms with E-state index < -0.39 is 0 Å². The molecule has 0 bridgehead atoms. The summed E-state index contributed by atoms with van der Waals surface area (Å²) in [6.45, 7) is 6.44. The van der Waals surface area contributed by atoms with Gasteiger partial charge in [-0.15, -0.1) is 0 Å². The van der Waals surface area contributed by atoms with E-state index in [1.807, 2.05) is 17.8 Å². The molecule has 0 aliphatic heterocycles. The fourth-order valence-electron chi connectivity index (χ4n) is 1.35. The van der Waals surface area contributed by atoms with Gasteiger partial charge in [0.1, 0.15) is 0 Å². The highest BCUT2D eigenvalue weighted by molar-refractivity contribution is 5.16. The van der Waals surface area contributed by atoms with Crippen molar-refractivity contribution in [2.75, 3.05) is 6.61 Å². The number of aliphatic hydroxyl groups is 1. The second-order valence-corrected chi connectivity index (χ2v) is 3.27. The summed E-state index contributed by atoms with van der Waals surface area (Å²) in [6.07, 6.45) is 2.55. The standard InChI is InChI=1S/C9H16N2O/c1-7(2)11-8(3)9(4-5-12)6-10-11/h6-7,12H,4-5H2,1-3H3. The number of hydrogen-bond donors (Lipinski definition) is 1. The molecule has 1 aromatic heterocycles. The van der Waals surface area contributed by atoms with E-state index in [0.717, 1.165) is 5.56 Å². The first-order chi connectivity index (χ1) is 5.66. The smallest absolute Gasteiger partial charge is 0.0525 e. The predicted octanol–water partition coefficient (Wildman–Crippen LogP) is 1.31. The van der Waals surface area contributed by atoms with Crippen LogP contribution in [0, 0.1) is 6.92 Å². The lowest BCUT2D eigenvalue weighted by Crippen LogP contribution is -2.05. The molecular weight excluding hydrogens is 152 g/mol. The highest BCUT2D eigenvalue weighted by Crippen LogP contribution is 2.12. The Balaban J connectivity index is 2.88. The Hall–Kier alpha value is -0.830. The second kappa shape index (κ2) is 3.72. The Labute approximate surface area is 73.0 Å². The summed E-state index contributed by atoms with van der Waals surface area (Å²) in [6, 6.07) is 0.400. The Morgan fingerprint density at radius 1 is 1.58 bits per heavy atom. The van der Waals surface area contributed by atoms with E-state index in [-0.39, 0.29) is 6.61 Å². The third-order valence-electron chi connectivity index (χ3n) is 2.02. The zero-order valence-electron chi connectivity index (χ0n) is 7.91. The molecule has 0 fully saturated rings. The minimum absolute atomic E-state index is 0.199. The van der Waals surface area contributed by atoms with Crippen molar-refractivity contribution >= 4 is 0 Å². The number of nitrogens with zero attached hydrogens (tertiary/aromatic N) is 2. The number of aliphatic hydroxyl groups excluding tert-OH is 1. The maximum absolute atomic E-state index is 8.75. The van der Waals surface area contributed by atoms with Crippen LogP contribution in [0.1, 0.15) is 31.1 Å². The first-order valence-electron chi connectivity index (χ1n) is 4.30. The van der Waals surface area contributed by atoms with Crippen LogP contribution in [0.4, 0.5) is 0 Å². The fourth-order valence-corrected chi connectivity index (χ4v) is 1.35. The quantitative estimate of drug-likeness (QED) is 0.739. The Morgan fingerprint density at radius 2 is 2.25 bits per heavy atom. The van der Waals surface area contributed by atoms with Crippen LogP contribution in [-0.2, 0) is 6.42 Å². The van der Waals surface area contributed by atoms with Gasteiger partial charge in [0.15, 0.2) is 0 Å². The maximum atomic E-state index is 8.75. The lowest BCUT2D eigenvalue weighted by Gasteiger charge is -2.08. The molecule has 0 aliphatic rings. The third kappa shape index (κ3) is 1.67. The van der Waals surface area contributed by atoms with Crippen molar-refractivity contribution in [1.29, 1.82) is 0 Å². The molecule has 1 rings (SSSR count). The van der Waals surface area contributed by atoms with Crippen molar-refractivity contribution in [3.63, 3.8) is 0 Å². The van der Waals surface area contributed by atoms with Crippen LogP contribution in [0.3, 0.4) is 0 Å². The predicted molar refractivity (Wildman–Crippen MR) is 48.1 cm³/mol. The summed E-state index contributed by atoms with van der Waals surface area (Å²) in [4.78, 5) is 0. The average molecular weight is 168 g/mol. The first kappa shape index (κ1) is 9.26. The molecular formula is C9H16N2O. The molecule has 0 spiro atoms. The van der Waals surface area contributed by atoms with Gasteiger partial charge in [-0.1, -0.05) is 0 Å². The molecule has 0 atom stereocenters. The zero-order valence-corrected chi connectivity index (χ0v) is 7.91. The summed E-state index contributed by atoms with van der Waals surface area (Å²) >= 11 is 0. The molecule has 3 heteroatoms. The molecule has 3 nitrogen and oxygen atoms in total. The largest absolute Gasteiger partial charge is 0.396 e. The van der Waals surface area contributed by atoms with E-state index in [1.165, 1.54) is 5.69 Å². The van der Waals surface area contributed by atoms with Gasteiger partial charge in [0.25, 0.3) is 0 Å². The summed E-state index contributed by atoms with van der Waals surface area (Å²) < 4.78 is 1.98. The number of hydrogen-bond acceptors (Lipinski definition) is 2. The lowest BCUT2D eigenvalue weighted by molar-refractivity contribution is 0.299. The van der Waals surface area contributed by atoms with Gasteiger partial charge in [-0.2, -0.15) is 5.10 Å². The second-order valence-electron chi connectivity index (χ2n) is 3.27. The first-order valence-corrected chi connectivity index (χ1v) is 4.30. The molecule has 0 aliphatic carbocycles. The summed E-state index contributed by atoms with van der Waals surface area (Å²) in [7, 11) is 0. The van der Waals surface area contributed by atoms with E-state index in [9.17, 15) is 0 Å². The maximum Gasteiger partial charge on any atom is 0.0525 e. The summed E-state index contributed by atoms with van der Waals surface area (Å²) in [5.41, 5.74) is 2.31. The van der Waals surface area contributed by atoms with Crippen molar-refractivity contribution in [2.24, 2.45) is 0 Å². The molecule has 1 aromatic rings. The van der Waals surface area contributed by atoms with Gasteiger partial charge in [-0.05, 0) is 32.8 Å². The number of rotatable bonds is 3. The minimum Gasteiger partial charge on any atom is -0.396 e. The van der Waals surface area contributed by atoms with Crippen LogP contribution in [0.2, 0.25) is 0 Å². The molecule has 0 radical (unpaired) electrons. The molecule has 0 amide bonds. The van der Waals surface area contributed by atoms with Crippen molar-refractivity contribution in [3.8, 4) is 0 Å². The van der Waals surface area contributed by atoms with Gasteiger partial charge in [-0.25, -0.2) is 0 Å². The van der Waals surface area contributed by atoms with Gasteiger partial charge in [0.05, 0.1) is 6.20 Å². The number of aromatic nitrogens is 2. The van der Waals surface area contributed by atoms with E-state index in [4.69, 9.17) is 5.11 Å². The molecule has 1 N–H and O–H groups in total. The fraction of sp³-hybridized carbons (Fsp3) is 0.667. The van der Waals surface area contributed by atoms with Gasteiger partial charge in [-0.3, -0.25) is 4.68 Å². The SMILES string of the molecule is Cc1c(CCO)cnn1C(C)C. The summed E-state index contributed by atoms with van der Waals surface area (Å²) in [5, 5.41) is 13.0. The molecule has 0 saturated heterocycles. The van der Waals surface area contributed by atoms with Crippen LogP contribution in [0.15, 0.2) is 6.20 Å².